The topological polar surface area (TPSA) is 57.4 Å². The fraction of sp³-hybridized carbons (Fsp3) is 0.300. The zero-order valence-corrected chi connectivity index (χ0v) is 23.0. The van der Waals surface area contributed by atoms with Gasteiger partial charge in [0, 0.05) is 29.7 Å². The molecule has 0 spiro atoms. The van der Waals surface area contributed by atoms with E-state index in [4.69, 9.17) is 9.47 Å². The fourth-order valence-corrected chi connectivity index (χ4v) is 6.04. The Morgan fingerprint density at radius 3 is 2.68 bits per heavy atom. The second-order valence-corrected chi connectivity index (χ2v) is 10.5. The van der Waals surface area contributed by atoms with Crippen molar-refractivity contribution >= 4 is 50.6 Å². The van der Waals surface area contributed by atoms with Crippen molar-refractivity contribution < 1.29 is 14.3 Å². The highest BCUT2D eigenvalue weighted by molar-refractivity contribution is 7.17. The molecule has 0 aliphatic carbocycles. The Morgan fingerprint density at radius 1 is 1.03 bits per heavy atom. The second kappa shape index (κ2) is 11.6. The third-order valence-corrected chi connectivity index (χ3v) is 8.03. The molecule has 1 N–H and O–H groups in total. The van der Waals surface area contributed by atoms with Gasteiger partial charge in [-0.15, -0.1) is 23.7 Å². The Hall–Kier alpha value is -3.26. The molecule has 6 nitrogen and oxygen atoms in total. The molecule has 0 bridgehead atoms. The summed E-state index contributed by atoms with van der Waals surface area (Å²) in [4.78, 5) is 13.6. The number of rotatable bonds is 8. The predicted octanol–water partition coefficient (Wildman–Crippen LogP) is 6.45. The average molecular weight is 550 g/mol. The van der Waals surface area contributed by atoms with Crippen molar-refractivity contribution in [2.24, 2.45) is 7.05 Å². The zero-order valence-electron chi connectivity index (χ0n) is 21.4. The maximum absolute atomic E-state index is 13.6. The van der Waals surface area contributed by atoms with Crippen molar-refractivity contribution in [1.29, 1.82) is 0 Å². The van der Waals surface area contributed by atoms with E-state index < -0.39 is 0 Å². The molecule has 6 rings (SSSR count). The summed E-state index contributed by atoms with van der Waals surface area (Å²) in [6, 6.07) is 20.0. The Labute approximate surface area is 232 Å². The minimum atomic E-state index is 0. The third-order valence-electron chi connectivity index (χ3n) is 7.18. The van der Waals surface area contributed by atoms with Gasteiger partial charge in [-0.3, -0.25) is 4.79 Å². The molecule has 198 valence electrons. The van der Waals surface area contributed by atoms with E-state index in [0.29, 0.717) is 18.8 Å². The SMILES string of the molecule is Cl.Cn1c(C(=O)c2cn(CCOc3ccc(OC4CCCNCC4)cc3)c3ccccc23)cc2sccc21. The highest BCUT2D eigenvalue weighted by atomic mass is 35.5. The molecule has 0 radical (unpaired) electrons. The molecule has 3 aromatic heterocycles. The van der Waals surface area contributed by atoms with Crippen LogP contribution in [0.3, 0.4) is 0 Å². The van der Waals surface area contributed by atoms with Crippen molar-refractivity contribution in [3.05, 3.63) is 83.5 Å². The van der Waals surface area contributed by atoms with Crippen LogP contribution in [0.15, 0.2) is 72.2 Å². The summed E-state index contributed by atoms with van der Waals surface area (Å²) in [5, 5.41) is 6.44. The third kappa shape index (κ3) is 5.32. The summed E-state index contributed by atoms with van der Waals surface area (Å²) in [5.41, 5.74) is 3.56. The lowest BCUT2D eigenvalue weighted by atomic mass is 10.1. The van der Waals surface area contributed by atoms with E-state index in [-0.39, 0.29) is 24.3 Å². The van der Waals surface area contributed by atoms with E-state index in [1.54, 1.807) is 11.3 Å². The number of nitrogens with one attached hydrogen (secondary N) is 1. The Kier molecular flexibility index (Phi) is 8.07. The first-order chi connectivity index (χ1) is 18.2. The molecule has 2 aromatic carbocycles. The van der Waals surface area contributed by atoms with Crippen LogP contribution in [0.2, 0.25) is 0 Å². The van der Waals surface area contributed by atoms with Crippen LogP contribution >= 0.6 is 23.7 Å². The minimum absolute atomic E-state index is 0. The van der Waals surface area contributed by atoms with Gasteiger partial charge in [0.15, 0.2) is 0 Å². The number of hydrogen-bond donors (Lipinski definition) is 1. The molecule has 38 heavy (non-hydrogen) atoms. The minimum Gasteiger partial charge on any atom is -0.492 e. The first kappa shape index (κ1) is 26.4. The molecule has 0 amide bonds. The number of ketones is 1. The number of hydrogen-bond acceptors (Lipinski definition) is 5. The van der Waals surface area contributed by atoms with Crippen LogP contribution in [-0.4, -0.2) is 40.7 Å². The van der Waals surface area contributed by atoms with Gasteiger partial charge in [-0.25, -0.2) is 0 Å². The van der Waals surface area contributed by atoms with E-state index >= 15 is 0 Å². The molecule has 5 aromatic rings. The van der Waals surface area contributed by atoms with Crippen LogP contribution in [0.5, 0.6) is 11.5 Å². The highest BCUT2D eigenvalue weighted by Gasteiger charge is 2.21. The van der Waals surface area contributed by atoms with E-state index in [9.17, 15) is 4.79 Å². The normalized spacial score (nSPS) is 15.8. The summed E-state index contributed by atoms with van der Waals surface area (Å²) in [5.74, 6) is 1.74. The molecule has 1 unspecified atom stereocenters. The van der Waals surface area contributed by atoms with Gasteiger partial charge >= 0.3 is 0 Å². The Balaban J connectivity index is 0.00000294. The number of thiophene rings is 1. The van der Waals surface area contributed by atoms with Gasteiger partial charge in [0.25, 0.3) is 0 Å². The van der Waals surface area contributed by atoms with Gasteiger partial charge in [-0.2, -0.15) is 0 Å². The maximum Gasteiger partial charge on any atom is 0.211 e. The van der Waals surface area contributed by atoms with Crippen molar-refractivity contribution in [1.82, 2.24) is 14.5 Å². The molecule has 8 heteroatoms. The monoisotopic (exact) mass is 549 g/mol. The Bertz CT molecular complexity index is 1530. The number of aromatic nitrogens is 2. The molecule has 1 atom stereocenters. The number of carbonyl (C=O) groups excluding carboxylic acids is 1. The van der Waals surface area contributed by atoms with Gasteiger partial charge < -0.3 is 23.9 Å². The number of benzene rings is 2. The standard InChI is InChI=1S/C30H31N3O3S.ClH/c1-32-27-13-18-37-29(27)19-28(32)30(34)25-20-33(26-7-3-2-6-24(25)26)16-17-35-21-8-10-23(11-9-21)36-22-5-4-14-31-15-12-22;/h2-3,6-11,13,18-20,22,31H,4-5,12,14-17H2,1H3;1H. The predicted molar refractivity (Wildman–Crippen MR) is 156 cm³/mol. The highest BCUT2D eigenvalue weighted by Crippen LogP contribution is 2.29. The van der Waals surface area contributed by atoms with Gasteiger partial charge in [0.1, 0.15) is 18.1 Å². The number of carbonyl (C=O) groups is 1. The molecule has 0 saturated carbocycles. The number of ether oxygens (including phenoxy) is 2. The fourth-order valence-electron chi connectivity index (χ4n) is 5.19. The van der Waals surface area contributed by atoms with E-state index in [0.717, 1.165) is 70.5 Å². The summed E-state index contributed by atoms with van der Waals surface area (Å²) in [6.45, 7) is 3.23. The number of halogens is 1. The summed E-state index contributed by atoms with van der Waals surface area (Å²) in [6.07, 6.45) is 5.51. The zero-order chi connectivity index (χ0) is 25.2. The van der Waals surface area contributed by atoms with E-state index in [1.165, 1.54) is 0 Å². The van der Waals surface area contributed by atoms with Gasteiger partial charge in [-0.05, 0) is 80.2 Å². The molecule has 1 fully saturated rings. The van der Waals surface area contributed by atoms with Gasteiger partial charge in [-0.1, -0.05) is 18.2 Å². The van der Waals surface area contributed by atoms with E-state index in [2.05, 4.69) is 27.4 Å². The number of fused-ring (bicyclic) bond motifs is 2. The largest absolute Gasteiger partial charge is 0.492 e. The number of aryl methyl sites for hydroxylation is 1. The first-order valence-corrected chi connectivity index (χ1v) is 13.8. The van der Waals surface area contributed by atoms with Crippen molar-refractivity contribution in [2.45, 2.75) is 31.9 Å². The van der Waals surface area contributed by atoms with E-state index in [1.807, 2.05) is 66.3 Å². The second-order valence-electron chi connectivity index (χ2n) is 9.58. The lowest BCUT2D eigenvalue weighted by Gasteiger charge is -2.17. The van der Waals surface area contributed by atoms with Crippen LogP contribution in [0, 0.1) is 0 Å². The number of para-hydroxylation sites is 1. The lowest BCUT2D eigenvalue weighted by molar-refractivity contribution is 0.103. The summed E-state index contributed by atoms with van der Waals surface area (Å²) in [7, 11) is 1.96. The first-order valence-electron chi connectivity index (χ1n) is 12.9. The quantitative estimate of drug-likeness (QED) is 0.226. The molecular weight excluding hydrogens is 518 g/mol. The summed E-state index contributed by atoms with van der Waals surface area (Å²) < 4.78 is 17.5. The molecule has 1 aliphatic rings. The molecule has 1 aliphatic heterocycles. The van der Waals surface area contributed by atoms with Crippen LogP contribution in [-0.2, 0) is 13.6 Å². The average Bonchev–Trinajstić information content (AvgIpc) is 3.55. The van der Waals surface area contributed by atoms with Crippen LogP contribution in [0.4, 0.5) is 0 Å². The van der Waals surface area contributed by atoms with Gasteiger partial charge in [0.05, 0.1) is 28.6 Å². The lowest BCUT2D eigenvalue weighted by Crippen LogP contribution is -2.19. The Morgan fingerprint density at radius 2 is 1.84 bits per heavy atom. The summed E-state index contributed by atoms with van der Waals surface area (Å²) >= 11 is 1.66. The molecule has 1 saturated heterocycles. The van der Waals surface area contributed by atoms with Crippen molar-refractivity contribution in [3.63, 3.8) is 0 Å². The van der Waals surface area contributed by atoms with Crippen LogP contribution in [0.1, 0.15) is 35.3 Å². The smallest absolute Gasteiger partial charge is 0.211 e. The van der Waals surface area contributed by atoms with Crippen LogP contribution < -0.4 is 14.8 Å². The van der Waals surface area contributed by atoms with Crippen molar-refractivity contribution in [3.8, 4) is 11.5 Å². The van der Waals surface area contributed by atoms with Gasteiger partial charge in [0.2, 0.25) is 5.78 Å². The number of nitrogens with zero attached hydrogens (tertiary/aromatic N) is 2. The van der Waals surface area contributed by atoms with Crippen molar-refractivity contribution in [2.75, 3.05) is 19.7 Å². The molecular formula is C30H32ClN3O3S. The maximum atomic E-state index is 13.6. The van der Waals surface area contributed by atoms with Crippen LogP contribution in [0.25, 0.3) is 21.1 Å². The molecule has 4 heterocycles.